The summed E-state index contributed by atoms with van der Waals surface area (Å²) in [5, 5.41) is 10.5. The van der Waals surface area contributed by atoms with Gasteiger partial charge in [0, 0.05) is 22.2 Å². The molecule has 3 nitrogen and oxygen atoms in total. The Morgan fingerprint density at radius 3 is 2.47 bits per heavy atom. The minimum Gasteiger partial charge on any atom is -0.507 e. The van der Waals surface area contributed by atoms with Crippen LogP contribution in [-0.4, -0.2) is 11.9 Å². The summed E-state index contributed by atoms with van der Waals surface area (Å²) in [5.74, 6) is 1.30. The first-order chi connectivity index (χ1) is 8.25. The fourth-order valence-corrected chi connectivity index (χ4v) is 2.06. The zero-order chi connectivity index (χ0) is 11.8. The highest BCUT2D eigenvalue weighted by molar-refractivity contribution is 6.33. The van der Waals surface area contributed by atoms with Gasteiger partial charge in [0.2, 0.25) is 6.79 Å². The molecule has 2 aromatic carbocycles. The molecule has 2 aromatic rings. The maximum Gasteiger partial charge on any atom is 0.231 e. The third-order valence-electron chi connectivity index (χ3n) is 2.65. The predicted molar refractivity (Wildman–Crippen MR) is 64.7 cm³/mol. The number of rotatable bonds is 1. The number of phenolic OH excluding ortho intramolecular Hbond substituents is 1. The lowest BCUT2D eigenvalue weighted by Crippen LogP contribution is -1.92. The summed E-state index contributed by atoms with van der Waals surface area (Å²) in [4.78, 5) is 0. The second kappa shape index (κ2) is 3.86. The van der Waals surface area contributed by atoms with Gasteiger partial charge in [0.15, 0.2) is 11.5 Å². The minimum atomic E-state index is 0.127. The first-order valence-electron chi connectivity index (χ1n) is 5.13. The van der Waals surface area contributed by atoms with E-state index in [0.717, 1.165) is 5.56 Å². The Balaban J connectivity index is 2.19. The zero-order valence-electron chi connectivity index (χ0n) is 8.81. The molecule has 0 aromatic heterocycles. The van der Waals surface area contributed by atoms with Crippen LogP contribution in [-0.2, 0) is 0 Å². The lowest BCUT2D eigenvalue weighted by molar-refractivity contribution is 0.174. The van der Waals surface area contributed by atoms with Crippen molar-refractivity contribution in [3.63, 3.8) is 0 Å². The summed E-state index contributed by atoms with van der Waals surface area (Å²) in [7, 11) is 0. The molecule has 86 valence electrons. The van der Waals surface area contributed by atoms with Gasteiger partial charge in [0.1, 0.15) is 5.75 Å². The normalized spacial score (nSPS) is 12.8. The van der Waals surface area contributed by atoms with E-state index in [9.17, 15) is 5.11 Å². The lowest BCUT2D eigenvalue weighted by Gasteiger charge is -2.08. The van der Waals surface area contributed by atoms with Crippen LogP contribution in [0, 0.1) is 0 Å². The standard InChI is InChI=1S/C13H9ClO3/c14-10-4-2-1-3-8(10)9-5-12-13(6-11(9)15)17-7-16-12/h1-6,15H,7H2. The van der Waals surface area contributed by atoms with Crippen LogP contribution in [0.25, 0.3) is 11.1 Å². The summed E-state index contributed by atoms with van der Waals surface area (Å²) >= 11 is 6.10. The second-order valence-electron chi connectivity index (χ2n) is 3.70. The van der Waals surface area contributed by atoms with Crippen LogP contribution in [0.4, 0.5) is 0 Å². The Hall–Kier alpha value is -1.87. The van der Waals surface area contributed by atoms with Crippen molar-refractivity contribution in [2.75, 3.05) is 6.79 Å². The summed E-state index contributed by atoms with van der Waals surface area (Å²) in [6.45, 7) is 0.181. The largest absolute Gasteiger partial charge is 0.507 e. The highest BCUT2D eigenvalue weighted by Gasteiger charge is 2.18. The molecule has 0 unspecified atom stereocenters. The molecule has 1 aliphatic rings. The topological polar surface area (TPSA) is 38.7 Å². The van der Waals surface area contributed by atoms with Crippen molar-refractivity contribution in [1.82, 2.24) is 0 Å². The molecular weight excluding hydrogens is 240 g/mol. The third-order valence-corrected chi connectivity index (χ3v) is 2.98. The first-order valence-corrected chi connectivity index (χ1v) is 5.51. The Kier molecular flexibility index (Phi) is 2.34. The average Bonchev–Trinajstić information content (AvgIpc) is 2.76. The van der Waals surface area contributed by atoms with Gasteiger partial charge in [-0.05, 0) is 12.1 Å². The highest BCUT2D eigenvalue weighted by Crippen LogP contribution is 2.43. The van der Waals surface area contributed by atoms with Gasteiger partial charge in [-0.25, -0.2) is 0 Å². The summed E-state index contributed by atoms with van der Waals surface area (Å²) in [6.07, 6.45) is 0. The molecule has 4 heteroatoms. The van der Waals surface area contributed by atoms with Crippen molar-refractivity contribution >= 4 is 11.6 Å². The van der Waals surface area contributed by atoms with E-state index in [-0.39, 0.29) is 12.5 Å². The summed E-state index contributed by atoms with van der Waals surface area (Å²) in [5.41, 5.74) is 1.41. The van der Waals surface area contributed by atoms with Gasteiger partial charge < -0.3 is 14.6 Å². The van der Waals surface area contributed by atoms with Gasteiger partial charge >= 0.3 is 0 Å². The van der Waals surface area contributed by atoms with E-state index in [1.807, 2.05) is 18.2 Å². The SMILES string of the molecule is Oc1cc2c(cc1-c1ccccc1Cl)OCO2. The molecule has 0 bridgehead atoms. The number of halogens is 1. The number of phenols is 1. The van der Waals surface area contributed by atoms with Crippen molar-refractivity contribution in [3.05, 3.63) is 41.4 Å². The van der Waals surface area contributed by atoms with Gasteiger partial charge in [-0.3, -0.25) is 0 Å². The molecule has 0 fully saturated rings. The molecule has 3 rings (SSSR count). The molecule has 0 radical (unpaired) electrons. The Bertz CT molecular complexity index is 581. The van der Waals surface area contributed by atoms with Crippen molar-refractivity contribution in [2.45, 2.75) is 0 Å². The predicted octanol–water partition coefficient (Wildman–Crippen LogP) is 3.44. The number of aromatic hydroxyl groups is 1. The van der Waals surface area contributed by atoms with Gasteiger partial charge in [-0.15, -0.1) is 0 Å². The van der Waals surface area contributed by atoms with E-state index in [4.69, 9.17) is 21.1 Å². The molecule has 0 saturated carbocycles. The lowest BCUT2D eigenvalue weighted by atomic mass is 10.0. The average molecular weight is 249 g/mol. The number of fused-ring (bicyclic) bond motifs is 1. The number of ether oxygens (including phenoxy) is 2. The maximum absolute atomic E-state index is 9.96. The molecule has 0 amide bonds. The maximum atomic E-state index is 9.96. The van der Waals surface area contributed by atoms with E-state index in [2.05, 4.69) is 0 Å². The van der Waals surface area contributed by atoms with E-state index < -0.39 is 0 Å². The zero-order valence-corrected chi connectivity index (χ0v) is 9.57. The number of hydrogen-bond acceptors (Lipinski definition) is 3. The van der Waals surface area contributed by atoms with Crippen molar-refractivity contribution in [1.29, 1.82) is 0 Å². The summed E-state index contributed by atoms with van der Waals surface area (Å²) < 4.78 is 10.5. The minimum absolute atomic E-state index is 0.127. The molecule has 1 N–H and O–H groups in total. The van der Waals surface area contributed by atoms with Crippen molar-refractivity contribution < 1.29 is 14.6 Å². The Morgan fingerprint density at radius 2 is 1.71 bits per heavy atom. The first kappa shape index (κ1) is 10.3. The molecule has 1 aliphatic heterocycles. The van der Waals surface area contributed by atoms with Gasteiger partial charge in [0.05, 0.1) is 0 Å². The van der Waals surface area contributed by atoms with Gasteiger partial charge in [0.25, 0.3) is 0 Å². The van der Waals surface area contributed by atoms with Crippen LogP contribution < -0.4 is 9.47 Å². The molecule has 0 saturated heterocycles. The monoisotopic (exact) mass is 248 g/mol. The number of benzene rings is 2. The van der Waals surface area contributed by atoms with Gasteiger partial charge in [-0.1, -0.05) is 29.8 Å². The van der Waals surface area contributed by atoms with Crippen LogP contribution in [0.3, 0.4) is 0 Å². The van der Waals surface area contributed by atoms with Crippen LogP contribution in [0.1, 0.15) is 0 Å². The molecular formula is C13H9ClO3. The fourth-order valence-electron chi connectivity index (χ4n) is 1.83. The van der Waals surface area contributed by atoms with Gasteiger partial charge in [-0.2, -0.15) is 0 Å². The highest BCUT2D eigenvalue weighted by atomic mass is 35.5. The molecule has 1 heterocycles. The molecule has 0 aliphatic carbocycles. The van der Waals surface area contributed by atoms with Crippen LogP contribution in [0.2, 0.25) is 5.02 Å². The van der Waals surface area contributed by atoms with Crippen molar-refractivity contribution in [3.8, 4) is 28.4 Å². The molecule has 17 heavy (non-hydrogen) atoms. The van der Waals surface area contributed by atoms with E-state index in [1.165, 1.54) is 0 Å². The second-order valence-corrected chi connectivity index (χ2v) is 4.11. The molecule has 0 spiro atoms. The van der Waals surface area contributed by atoms with E-state index in [0.29, 0.717) is 22.1 Å². The van der Waals surface area contributed by atoms with E-state index >= 15 is 0 Å². The Morgan fingerprint density at radius 1 is 1.00 bits per heavy atom. The smallest absolute Gasteiger partial charge is 0.231 e. The quantitative estimate of drug-likeness (QED) is 0.840. The number of hydrogen-bond donors (Lipinski definition) is 1. The van der Waals surface area contributed by atoms with Crippen LogP contribution >= 0.6 is 11.6 Å². The van der Waals surface area contributed by atoms with Crippen LogP contribution in [0.15, 0.2) is 36.4 Å². The van der Waals surface area contributed by atoms with Crippen LogP contribution in [0.5, 0.6) is 17.2 Å². The van der Waals surface area contributed by atoms with E-state index in [1.54, 1.807) is 18.2 Å². The Labute approximate surface area is 103 Å². The van der Waals surface area contributed by atoms with Crippen molar-refractivity contribution in [2.24, 2.45) is 0 Å². The fraction of sp³-hybridized carbons (Fsp3) is 0.0769. The molecule has 0 atom stereocenters. The third kappa shape index (κ3) is 1.68. The summed E-state index contributed by atoms with van der Waals surface area (Å²) in [6, 6.07) is 10.6.